The highest BCUT2D eigenvalue weighted by molar-refractivity contribution is 5.14. The van der Waals surface area contributed by atoms with E-state index >= 15 is 0 Å². The van der Waals surface area contributed by atoms with E-state index in [-0.39, 0.29) is 0 Å². The van der Waals surface area contributed by atoms with Crippen LogP contribution in [0.5, 0.6) is 0 Å². The Morgan fingerprint density at radius 3 is 2.39 bits per heavy atom. The maximum absolute atomic E-state index is 6.00. The van der Waals surface area contributed by atoms with Crippen molar-refractivity contribution >= 4 is 0 Å². The summed E-state index contributed by atoms with van der Waals surface area (Å²) < 4.78 is 6.00. The molecule has 102 valence electrons. The lowest BCUT2D eigenvalue weighted by Crippen LogP contribution is -2.51. The first-order chi connectivity index (χ1) is 8.50. The van der Waals surface area contributed by atoms with Crippen molar-refractivity contribution < 1.29 is 4.74 Å². The van der Waals surface area contributed by atoms with Crippen molar-refractivity contribution in [2.45, 2.75) is 83.6 Å². The fraction of sp³-hybridized carbons (Fsp3) is 1.00. The molecule has 18 heavy (non-hydrogen) atoms. The van der Waals surface area contributed by atoms with Crippen LogP contribution in [0.25, 0.3) is 0 Å². The predicted molar refractivity (Wildman–Crippen MR) is 72.5 cm³/mol. The fourth-order valence-corrected chi connectivity index (χ4v) is 5.53. The van der Waals surface area contributed by atoms with E-state index in [1.54, 1.807) is 0 Å². The standard InChI is InChI=1S/C16H27NO/c1-15(2)10-6-7-16(15,3)14(8-10)17-12-9-11-4-5-13(12)18-11/h10-14,17H,4-9H2,1-3H3. The highest BCUT2D eigenvalue weighted by Gasteiger charge is 2.61. The lowest BCUT2D eigenvalue weighted by molar-refractivity contribution is 0.0825. The van der Waals surface area contributed by atoms with Crippen LogP contribution in [-0.2, 0) is 4.74 Å². The number of nitrogens with one attached hydrogen (secondary N) is 1. The first-order valence-electron chi connectivity index (χ1n) is 7.92. The highest BCUT2D eigenvalue weighted by Crippen LogP contribution is 2.65. The average molecular weight is 249 g/mol. The van der Waals surface area contributed by atoms with Crippen LogP contribution in [0.3, 0.4) is 0 Å². The van der Waals surface area contributed by atoms with E-state index in [1.807, 2.05) is 0 Å². The second-order valence-corrected chi connectivity index (χ2v) is 8.05. The molecule has 0 aromatic carbocycles. The summed E-state index contributed by atoms with van der Waals surface area (Å²) in [6.07, 6.45) is 9.24. The lowest BCUT2D eigenvalue weighted by Gasteiger charge is -2.41. The summed E-state index contributed by atoms with van der Waals surface area (Å²) in [6, 6.07) is 1.39. The monoisotopic (exact) mass is 249 g/mol. The van der Waals surface area contributed by atoms with Gasteiger partial charge in [-0.3, -0.25) is 0 Å². The summed E-state index contributed by atoms with van der Waals surface area (Å²) in [5.41, 5.74) is 1.04. The molecule has 4 rings (SSSR count). The molecule has 1 N–H and O–H groups in total. The molecule has 0 aromatic heterocycles. The van der Waals surface area contributed by atoms with Gasteiger partial charge in [-0.1, -0.05) is 20.8 Å². The minimum atomic E-state index is 0.513. The zero-order chi connectivity index (χ0) is 12.5. The second kappa shape index (κ2) is 3.52. The predicted octanol–water partition coefficient (Wildman–Crippen LogP) is 3.11. The van der Waals surface area contributed by atoms with Gasteiger partial charge in [0.1, 0.15) is 0 Å². The van der Waals surface area contributed by atoms with Gasteiger partial charge in [-0.05, 0) is 55.3 Å². The molecule has 4 bridgehead atoms. The smallest absolute Gasteiger partial charge is 0.0733 e. The molecule has 4 fully saturated rings. The van der Waals surface area contributed by atoms with Crippen LogP contribution in [0, 0.1) is 16.7 Å². The molecule has 0 aromatic rings. The molecule has 2 aliphatic heterocycles. The molecule has 2 saturated carbocycles. The summed E-state index contributed by atoms with van der Waals surface area (Å²) in [7, 11) is 0. The van der Waals surface area contributed by atoms with E-state index < -0.39 is 0 Å². The van der Waals surface area contributed by atoms with Gasteiger partial charge in [-0.15, -0.1) is 0 Å². The van der Waals surface area contributed by atoms with Crippen molar-refractivity contribution in [2.75, 3.05) is 0 Å². The topological polar surface area (TPSA) is 21.3 Å². The zero-order valence-electron chi connectivity index (χ0n) is 12.0. The number of fused-ring (bicyclic) bond motifs is 4. The van der Waals surface area contributed by atoms with Gasteiger partial charge in [0, 0.05) is 12.1 Å². The van der Waals surface area contributed by atoms with Gasteiger partial charge >= 0.3 is 0 Å². The Balaban J connectivity index is 1.51. The van der Waals surface area contributed by atoms with Crippen molar-refractivity contribution in [1.82, 2.24) is 5.32 Å². The molecule has 0 radical (unpaired) electrons. The van der Waals surface area contributed by atoms with Gasteiger partial charge in [-0.25, -0.2) is 0 Å². The molecular formula is C16H27NO. The first-order valence-corrected chi connectivity index (χ1v) is 7.92. The first kappa shape index (κ1) is 11.7. The minimum absolute atomic E-state index is 0.513. The third-order valence-electron chi connectivity index (χ3n) is 7.32. The van der Waals surface area contributed by atoms with Crippen LogP contribution < -0.4 is 5.32 Å². The van der Waals surface area contributed by atoms with E-state index in [0.717, 1.165) is 12.0 Å². The molecule has 0 spiro atoms. The SMILES string of the molecule is CC1(C)C2CCC1(C)C(NC1CC3CCC1O3)C2. The van der Waals surface area contributed by atoms with Crippen LogP contribution in [-0.4, -0.2) is 24.3 Å². The highest BCUT2D eigenvalue weighted by atomic mass is 16.5. The van der Waals surface area contributed by atoms with Crippen molar-refractivity contribution in [1.29, 1.82) is 0 Å². The molecule has 2 aliphatic carbocycles. The average Bonchev–Trinajstić information content (AvgIpc) is 3.01. The summed E-state index contributed by atoms with van der Waals surface area (Å²) in [5, 5.41) is 4.01. The minimum Gasteiger partial charge on any atom is -0.373 e. The van der Waals surface area contributed by atoms with Crippen LogP contribution in [0.2, 0.25) is 0 Å². The maximum Gasteiger partial charge on any atom is 0.0733 e. The summed E-state index contributed by atoms with van der Waals surface area (Å²) in [5.74, 6) is 0.944. The van der Waals surface area contributed by atoms with Crippen LogP contribution >= 0.6 is 0 Å². The third-order valence-corrected chi connectivity index (χ3v) is 7.32. The largest absolute Gasteiger partial charge is 0.373 e. The van der Waals surface area contributed by atoms with Crippen molar-refractivity contribution in [3.8, 4) is 0 Å². The molecule has 2 heteroatoms. The van der Waals surface area contributed by atoms with Gasteiger partial charge in [0.15, 0.2) is 0 Å². The quantitative estimate of drug-likeness (QED) is 0.812. The third kappa shape index (κ3) is 1.31. The Bertz CT molecular complexity index is 366. The number of hydrogen-bond donors (Lipinski definition) is 1. The zero-order valence-corrected chi connectivity index (χ0v) is 12.0. The molecule has 0 amide bonds. The fourth-order valence-electron chi connectivity index (χ4n) is 5.53. The molecule has 2 heterocycles. The van der Waals surface area contributed by atoms with Crippen LogP contribution in [0.4, 0.5) is 0 Å². The van der Waals surface area contributed by atoms with E-state index in [4.69, 9.17) is 4.74 Å². The molecule has 2 nitrogen and oxygen atoms in total. The van der Waals surface area contributed by atoms with E-state index in [2.05, 4.69) is 26.1 Å². The van der Waals surface area contributed by atoms with E-state index in [0.29, 0.717) is 29.1 Å². The van der Waals surface area contributed by atoms with Gasteiger partial charge in [0.25, 0.3) is 0 Å². The molecule has 6 atom stereocenters. The van der Waals surface area contributed by atoms with Crippen molar-refractivity contribution in [3.63, 3.8) is 0 Å². The van der Waals surface area contributed by atoms with Crippen molar-refractivity contribution in [3.05, 3.63) is 0 Å². The summed E-state index contributed by atoms with van der Waals surface area (Å²) in [6.45, 7) is 7.54. The normalized spacial score (nSPS) is 56.5. The second-order valence-electron chi connectivity index (χ2n) is 8.05. The maximum atomic E-state index is 6.00. The summed E-state index contributed by atoms with van der Waals surface area (Å²) in [4.78, 5) is 0. The van der Waals surface area contributed by atoms with E-state index in [1.165, 1.54) is 38.5 Å². The van der Waals surface area contributed by atoms with Gasteiger partial charge < -0.3 is 10.1 Å². The Morgan fingerprint density at radius 1 is 1.06 bits per heavy atom. The number of hydrogen-bond acceptors (Lipinski definition) is 2. The Morgan fingerprint density at radius 2 is 1.89 bits per heavy atom. The lowest BCUT2D eigenvalue weighted by atomic mass is 9.69. The molecular weight excluding hydrogens is 222 g/mol. The van der Waals surface area contributed by atoms with Crippen molar-refractivity contribution in [2.24, 2.45) is 16.7 Å². The number of rotatable bonds is 2. The Labute approximate surface area is 111 Å². The molecule has 6 unspecified atom stereocenters. The summed E-state index contributed by atoms with van der Waals surface area (Å²) >= 11 is 0. The van der Waals surface area contributed by atoms with E-state index in [9.17, 15) is 0 Å². The van der Waals surface area contributed by atoms with Gasteiger partial charge in [0.05, 0.1) is 12.2 Å². The van der Waals surface area contributed by atoms with Gasteiger partial charge in [0.2, 0.25) is 0 Å². The van der Waals surface area contributed by atoms with Gasteiger partial charge in [-0.2, -0.15) is 0 Å². The van der Waals surface area contributed by atoms with Crippen LogP contribution in [0.15, 0.2) is 0 Å². The molecule has 4 aliphatic rings. The van der Waals surface area contributed by atoms with Crippen LogP contribution in [0.1, 0.15) is 59.3 Å². The molecule has 2 saturated heterocycles. The Hall–Kier alpha value is -0.0800. The Kier molecular flexibility index (Phi) is 2.29. The number of ether oxygens (including phenoxy) is 1.